The van der Waals surface area contributed by atoms with E-state index in [1.54, 1.807) is 19.0 Å². The van der Waals surface area contributed by atoms with Crippen LogP contribution in [-0.4, -0.2) is 37.4 Å². The molecule has 166 valence electrons. The Bertz CT molecular complexity index is 1040. The van der Waals surface area contributed by atoms with E-state index in [1.807, 2.05) is 78.9 Å². The van der Waals surface area contributed by atoms with Crippen LogP contribution in [0.5, 0.6) is 5.75 Å². The van der Waals surface area contributed by atoms with Crippen LogP contribution in [0.1, 0.15) is 17.5 Å². The Balaban J connectivity index is 1.47. The lowest BCUT2D eigenvalue weighted by atomic mass is 10.1. The quantitative estimate of drug-likeness (QED) is 0.501. The number of hydrogen-bond donors (Lipinski definition) is 2. The number of benzene rings is 3. The maximum absolute atomic E-state index is 12.4. The van der Waals surface area contributed by atoms with Crippen molar-refractivity contribution in [3.05, 3.63) is 90.0 Å². The third kappa shape index (κ3) is 7.47. The van der Waals surface area contributed by atoms with Gasteiger partial charge in [0.05, 0.1) is 6.54 Å². The van der Waals surface area contributed by atoms with E-state index in [0.29, 0.717) is 30.9 Å². The number of aryl methyl sites for hydroxylation is 1. The number of rotatable bonds is 10. The summed E-state index contributed by atoms with van der Waals surface area (Å²) in [5, 5.41) is 6.02. The van der Waals surface area contributed by atoms with E-state index in [9.17, 15) is 9.59 Å². The minimum atomic E-state index is -0.154. The summed E-state index contributed by atoms with van der Waals surface area (Å²) < 4.78 is 5.82. The number of nitrogens with one attached hydrogen (secondary N) is 2. The molecule has 0 aliphatic heterocycles. The predicted molar refractivity (Wildman–Crippen MR) is 128 cm³/mol. The molecule has 0 radical (unpaired) electrons. The van der Waals surface area contributed by atoms with Gasteiger partial charge in [-0.25, -0.2) is 0 Å². The van der Waals surface area contributed by atoms with Gasteiger partial charge in [-0.3, -0.25) is 9.59 Å². The van der Waals surface area contributed by atoms with Gasteiger partial charge in [0, 0.05) is 38.0 Å². The van der Waals surface area contributed by atoms with E-state index >= 15 is 0 Å². The fourth-order valence-electron chi connectivity index (χ4n) is 3.10. The maximum atomic E-state index is 12.4. The van der Waals surface area contributed by atoms with Crippen molar-refractivity contribution >= 4 is 23.2 Å². The Morgan fingerprint density at radius 1 is 0.844 bits per heavy atom. The molecule has 0 fully saturated rings. The number of carbonyl (C=O) groups excluding carboxylic acids is 2. The Labute approximate surface area is 189 Å². The van der Waals surface area contributed by atoms with E-state index in [4.69, 9.17) is 4.74 Å². The summed E-state index contributed by atoms with van der Waals surface area (Å²) in [5.74, 6) is 0.635. The molecule has 3 aromatic rings. The van der Waals surface area contributed by atoms with E-state index in [2.05, 4.69) is 10.6 Å². The molecule has 0 aliphatic carbocycles. The minimum Gasteiger partial charge on any atom is -0.489 e. The monoisotopic (exact) mass is 431 g/mol. The third-order valence-electron chi connectivity index (χ3n) is 4.87. The fourth-order valence-corrected chi connectivity index (χ4v) is 3.10. The number of amides is 2. The molecule has 2 N–H and O–H groups in total. The molecule has 6 nitrogen and oxygen atoms in total. The lowest BCUT2D eigenvalue weighted by Gasteiger charge is -2.12. The van der Waals surface area contributed by atoms with Crippen molar-refractivity contribution in [2.24, 2.45) is 0 Å². The van der Waals surface area contributed by atoms with Gasteiger partial charge in [0.15, 0.2) is 0 Å². The molecular formula is C26H29N3O3. The molecule has 2 amide bonds. The SMILES string of the molecule is CN(C)C(=O)CCc1cccc(NCC(=O)Nc2cccc(OCc3ccccc3)c2)c1. The number of hydrogen-bond acceptors (Lipinski definition) is 4. The topological polar surface area (TPSA) is 70.7 Å². The van der Waals surface area contributed by atoms with E-state index in [0.717, 1.165) is 16.8 Å². The summed E-state index contributed by atoms with van der Waals surface area (Å²) in [7, 11) is 3.51. The third-order valence-corrected chi connectivity index (χ3v) is 4.87. The average molecular weight is 432 g/mol. The highest BCUT2D eigenvalue weighted by Crippen LogP contribution is 2.19. The summed E-state index contributed by atoms with van der Waals surface area (Å²) in [4.78, 5) is 25.8. The maximum Gasteiger partial charge on any atom is 0.243 e. The first-order valence-electron chi connectivity index (χ1n) is 10.6. The van der Waals surface area contributed by atoms with Crippen molar-refractivity contribution in [2.45, 2.75) is 19.4 Å². The van der Waals surface area contributed by atoms with E-state index in [-0.39, 0.29) is 18.4 Å². The molecule has 0 bridgehead atoms. The number of ether oxygens (including phenoxy) is 1. The van der Waals surface area contributed by atoms with Gasteiger partial charge in [-0.15, -0.1) is 0 Å². The molecule has 3 rings (SSSR count). The number of carbonyl (C=O) groups is 2. The second kappa shape index (κ2) is 11.6. The minimum absolute atomic E-state index is 0.0951. The van der Waals surface area contributed by atoms with Crippen molar-refractivity contribution in [3.63, 3.8) is 0 Å². The smallest absolute Gasteiger partial charge is 0.243 e. The molecule has 6 heteroatoms. The van der Waals surface area contributed by atoms with Crippen molar-refractivity contribution in [1.82, 2.24) is 4.90 Å². The standard InChI is InChI=1S/C26H29N3O3/c1-29(2)26(31)15-14-20-10-6-11-22(16-20)27-18-25(30)28-23-12-7-13-24(17-23)32-19-21-8-4-3-5-9-21/h3-13,16-17,27H,14-15,18-19H2,1-2H3,(H,28,30). The van der Waals surface area contributed by atoms with Gasteiger partial charge in [0.2, 0.25) is 11.8 Å². The van der Waals surface area contributed by atoms with Gasteiger partial charge in [-0.05, 0) is 41.8 Å². The highest BCUT2D eigenvalue weighted by atomic mass is 16.5. The normalized spacial score (nSPS) is 10.3. The summed E-state index contributed by atoms with van der Waals surface area (Å²) in [6, 6.07) is 25.1. The van der Waals surface area contributed by atoms with Crippen LogP contribution in [0, 0.1) is 0 Å². The predicted octanol–water partition coefficient (Wildman–Crippen LogP) is 4.34. The second-order valence-electron chi connectivity index (χ2n) is 7.69. The van der Waals surface area contributed by atoms with E-state index in [1.165, 1.54) is 0 Å². The zero-order valence-electron chi connectivity index (χ0n) is 18.5. The molecule has 0 aliphatic rings. The van der Waals surface area contributed by atoms with Gasteiger partial charge >= 0.3 is 0 Å². The van der Waals surface area contributed by atoms with Crippen LogP contribution < -0.4 is 15.4 Å². The number of anilines is 2. The van der Waals surface area contributed by atoms with Gasteiger partial charge in [-0.2, -0.15) is 0 Å². The molecule has 0 saturated carbocycles. The van der Waals surface area contributed by atoms with Crippen LogP contribution in [0.2, 0.25) is 0 Å². The van der Waals surface area contributed by atoms with Gasteiger partial charge in [0.25, 0.3) is 0 Å². The average Bonchev–Trinajstić information content (AvgIpc) is 2.81. The van der Waals surface area contributed by atoms with Crippen LogP contribution in [0.4, 0.5) is 11.4 Å². The molecule has 32 heavy (non-hydrogen) atoms. The summed E-state index contributed by atoms with van der Waals surface area (Å²) in [5.41, 5.74) is 3.65. The van der Waals surface area contributed by atoms with Gasteiger partial charge in [-0.1, -0.05) is 48.5 Å². The zero-order valence-corrected chi connectivity index (χ0v) is 18.5. The van der Waals surface area contributed by atoms with Crippen molar-refractivity contribution in [1.29, 1.82) is 0 Å². The van der Waals surface area contributed by atoms with Crippen LogP contribution in [0.3, 0.4) is 0 Å². The first-order chi connectivity index (χ1) is 15.5. The Morgan fingerprint density at radius 2 is 1.56 bits per heavy atom. The molecule has 0 aromatic heterocycles. The lowest BCUT2D eigenvalue weighted by Crippen LogP contribution is -2.22. The van der Waals surface area contributed by atoms with Crippen LogP contribution in [-0.2, 0) is 22.6 Å². The van der Waals surface area contributed by atoms with Gasteiger partial charge < -0.3 is 20.3 Å². The van der Waals surface area contributed by atoms with Crippen LogP contribution in [0.25, 0.3) is 0 Å². The molecule has 0 saturated heterocycles. The second-order valence-corrected chi connectivity index (χ2v) is 7.69. The zero-order chi connectivity index (χ0) is 22.8. The number of nitrogens with zero attached hydrogens (tertiary/aromatic N) is 1. The molecule has 0 spiro atoms. The van der Waals surface area contributed by atoms with Crippen molar-refractivity contribution in [3.8, 4) is 5.75 Å². The first-order valence-corrected chi connectivity index (χ1v) is 10.6. The Kier molecular flexibility index (Phi) is 8.26. The molecular weight excluding hydrogens is 402 g/mol. The summed E-state index contributed by atoms with van der Waals surface area (Å²) in [6.45, 7) is 0.603. The highest BCUT2D eigenvalue weighted by Gasteiger charge is 2.07. The van der Waals surface area contributed by atoms with Crippen LogP contribution in [0.15, 0.2) is 78.9 Å². The van der Waals surface area contributed by atoms with Gasteiger partial charge in [0.1, 0.15) is 12.4 Å². The molecule has 3 aromatic carbocycles. The molecule has 0 unspecified atom stereocenters. The fraction of sp³-hybridized carbons (Fsp3) is 0.231. The highest BCUT2D eigenvalue weighted by molar-refractivity contribution is 5.93. The molecule has 0 heterocycles. The van der Waals surface area contributed by atoms with Crippen LogP contribution >= 0.6 is 0 Å². The lowest BCUT2D eigenvalue weighted by molar-refractivity contribution is -0.128. The van der Waals surface area contributed by atoms with E-state index < -0.39 is 0 Å². The van der Waals surface area contributed by atoms with Crippen molar-refractivity contribution in [2.75, 3.05) is 31.3 Å². The van der Waals surface area contributed by atoms with Crippen molar-refractivity contribution < 1.29 is 14.3 Å². The summed E-state index contributed by atoms with van der Waals surface area (Å²) >= 11 is 0. The first kappa shape index (κ1) is 22.9. The Morgan fingerprint density at radius 3 is 2.34 bits per heavy atom. The largest absolute Gasteiger partial charge is 0.489 e. The Hall–Kier alpha value is -3.80. The summed E-state index contributed by atoms with van der Waals surface area (Å²) in [6.07, 6.45) is 1.12. The molecule has 0 atom stereocenters.